The molecule has 0 aliphatic rings. The first kappa shape index (κ1) is 20.0. The van der Waals surface area contributed by atoms with E-state index in [1.165, 1.54) is 12.1 Å². The highest BCUT2D eigenvalue weighted by Crippen LogP contribution is 2.19. The molecule has 0 heterocycles. The van der Waals surface area contributed by atoms with Crippen molar-refractivity contribution in [3.05, 3.63) is 29.8 Å². The zero-order valence-corrected chi connectivity index (χ0v) is 14.9. The van der Waals surface area contributed by atoms with Gasteiger partial charge in [-0.3, -0.25) is 9.59 Å². The first-order valence-corrected chi connectivity index (χ1v) is 9.10. The molecular formula is C16H22O7S. The average Bonchev–Trinajstić information content (AvgIpc) is 2.36. The summed E-state index contributed by atoms with van der Waals surface area (Å²) in [6, 6.07) is 5.99. The van der Waals surface area contributed by atoms with Crippen molar-refractivity contribution in [2.24, 2.45) is 5.92 Å². The third-order valence-corrected chi connectivity index (χ3v) is 3.33. The molecule has 7 nitrogen and oxygen atoms in total. The van der Waals surface area contributed by atoms with Gasteiger partial charge in [0.2, 0.25) is 0 Å². The SMILES string of the molecule is CC(C)(C)OC(=O)C[C@@H](Cc1ccc(OS(C)(=O)=O)cc1)C(=O)O. The van der Waals surface area contributed by atoms with Gasteiger partial charge in [-0.15, -0.1) is 0 Å². The van der Waals surface area contributed by atoms with Gasteiger partial charge in [0.05, 0.1) is 18.6 Å². The van der Waals surface area contributed by atoms with Crippen LogP contribution in [-0.2, 0) is 30.9 Å². The normalized spacial score (nSPS) is 13.2. The minimum Gasteiger partial charge on any atom is -0.481 e. The maximum Gasteiger partial charge on any atom is 0.307 e. The summed E-state index contributed by atoms with van der Waals surface area (Å²) in [6.45, 7) is 5.13. The summed E-state index contributed by atoms with van der Waals surface area (Å²) < 4.78 is 31.9. The molecule has 0 unspecified atom stereocenters. The van der Waals surface area contributed by atoms with Crippen LogP contribution in [0, 0.1) is 5.92 Å². The van der Waals surface area contributed by atoms with Crippen LogP contribution < -0.4 is 4.18 Å². The quantitative estimate of drug-likeness (QED) is 0.587. The number of esters is 1. The number of hydrogen-bond donors (Lipinski definition) is 1. The molecule has 0 radical (unpaired) electrons. The molecule has 1 atom stereocenters. The summed E-state index contributed by atoms with van der Waals surface area (Å²) in [4.78, 5) is 23.2. The second-order valence-corrected chi connectivity index (χ2v) is 8.04. The van der Waals surface area contributed by atoms with Gasteiger partial charge in [-0.25, -0.2) is 0 Å². The molecule has 0 saturated heterocycles. The lowest BCUT2D eigenvalue weighted by molar-refractivity contribution is -0.159. The molecule has 0 fully saturated rings. The van der Waals surface area contributed by atoms with Crippen molar-refractivity contribution in [2.45, 2.75) is 39.2 Å². The van der Waals surface area contributed by atoms with E-state index >= 15 is 0 Å². The first-order chi connectivity index (χ1) is 10.9. The molecule has 0 aliphatic carbocycles. The summed E-state index contributed by atoms with van der Waals surface area (Å²) in [5, 5.41) is 9.28. The van der Waals surface area contributed by atoms with E-state index in [1.54, 1.807) is 32.9 Å². The van der Waals surface area contributed by atoms with Crippen LogP contribution in [0.5, 0.6) is 5.75 Å². The number of carbonyl (C=O) groups is 2. The van der Waals surface area contributed by atoms with Gasteiger partial charge >= 0.3 is 22.1 Å². The number of ether oxygens (including phenoxy) is 1. The highest BCUT2D eigenvalue weighted by Gasteiger charge is 2.25. The third kappa shape index (κ3) is 7.96. The summed E-state index contributed by atoms with van der Waals surface area (Å²) in [6.07, 6.45) is 0.810. The fourth-order valence-corrected chi connectivity index (χ4v) is 2.43. The molecular weight excluding hydrogens is 336 g/mol. The number of aliphatic carboxylic acids is 1. The van der Waals surface area contributed by atoms with Crippen LogP contribution in [0.15, 0.2) is 24.3 Å². The average molecular weight is 358 g/mol. The Morgan fingerprint density at radius 3 is 2.12 bits per heavy atom. The van der Waals surface area contributed by atoms with Crippen molar-refractivity contribution < 1.29 is 32.0 Å². The van der Waals surface area contributed by atoms with Crippen molar-refractivity contribution in [3.63, 3.8) is 0 Å². The molecule has 1 aromatic rings. The second-order valence-electron chi connectivity index (χ2n) is 6.46. The van der Waals surface area contributed by atoms with Crippen LogP contribution in [0.3, 0.4) is 0 Å². The van der Waals surface area contributed by atoms with Crippen LogP contribution in [0.2, 0.25) is 0 Å². The largest absolute Gasteiger partial charge is 0.481 e. The Hall–Kier alpha value is -2.09. The summed E-state index contributed by atoms with van der Waals surface area (Å²) >= 11 is 0. The molecule has 0 bridgehead atoms. The maximum absolute atomic E-state index is 11.8. The van der Waals surface area contributed by atoms with Gasteiger partial charge in [0.25, 0.3) is 0 Å². The predicted octanol–water partition coefficient (Wildman–Crippen LogP) is 2.00. The lowest BCUT2D eigenvalue weighted by Crippen LogP contribution is -2.28. The van der Waals surface area contributed by atoms with E-state index in [4.69, 9.17) is 8.92 Å². The fourth-order valence-electron chi connectivity index (χ4n) is 1.97. The molecule has 0 saturated carbocycles. The van der Waals surface area contributed by atoms with Gasteiger partial charge in [-0.05, 0) is 44.9 Å². The summed E-state index contributed by atoms with van der Waals surface area (Å²) in [5.74, 6) is -2.47. The van der Waals surface area contributed by atoms with Crippen LogP contribution in [-0.4, -0.2) is 37.3 Å². The number of carbonyl (C=O) groups excluding carboxylic acids is 1. The van der Waals surface area contributed by atoms with Crippen molar-refractivity contribution in [3.8, 4) is 5.75 Å². The Kier molecular flexibility index (Phi) is 6.36. The van der Waals surface area contributed by atoms with E-state index < -0.39 is 33.6 Å². The standard InChI is InChI=1S/C16H22O7S/c1-16(2,3)22-14(17)10-12(15(18)19)9-11-5-7-13(8-6-11)23-24(4,20)21/h5-8,12H,9-10H2,1-4H3,(H,18,19)/t12-/m1/s1. The van der Waals surface area contributed by atoms with Crippen LogP contribution in [0.4, 0.5) is 0 Å². The molecule has 0 amide bonds. The molecule has 0 spiro atoms. The van der Waals surface area contributed by atoms with E-state index in [9.17, 15) is 23.1 Å². The Morgan fingerprint density at radius 1 is 1.17 bits per heavy atom. The van der Waals surface area contributed by atoms with Gasteiger partial charge in [-0.1, -0.05) is 12.1 Å². The van der Waals surface area contributed by atoms with Crippen molar-refractivity contribution in [2.75, 3.05) is 6.26 Å². The lowest BCUT2D eigenvalue weighted by atomic mass is 9.96. The molecule has 1 rings (SSSR count). The van der Waals surface area contributed by atoms with E-state index in [-0.39, 0.29) is 18.6 Å². The van der Waals surface area contributed by atoms with Crippen LogP contribution >= 0.6 is 0 Å². The number of hydrogen-bond acceptors (Lipinski definition) is 6. The Balaban J connectivity index is 2.75. The van der Waals surface area contributed by atoms with Crippen LogP contribution in [0.1, 0.15) is 32.8 Å². The lowest BCUT2D eigenvalue weighted by Gasteiger charge is -2.21. The second kappa shape index (κ2) is 7.65. The summed E-state index contributed by atoms with van der Waals surface area (Å²) in [7, 11) is -3.62. The number of rotatable bonds is 7. The third-order valence-electron chi connectivity index (χ3n) is 2.84. The first-order valence-electron chi connectivity index (χ1n) is 7.29. The molecule has 8 heteroatoms. The highest BCUT2D eigenvalue weighted by molar-refractivity contribution is 7.86. The van der Waals surface area contributed by atoms with Gasteiger partial charge in [0, 0.05) is 0 Å². The van der Waals surface area contributed by atoms with Gasteiger partial charge in [0.15, 0.2) is 0 Å². The van der Waals surface area contributed by atoms with Gasteiger partial charge in [0.1, 0.15) is 11.4 Å². The smallest absolute Gasteiger partial charge is 0.307 e. The van der Waals surface area contributed by atoms with Crippen molar-refractivity contribution in [1.29, 1.82) is 0 Å². The summed E-state index contributed by atoms with van der Waals surface area (Å²) in [5.41, 5.74) is -0.0306. The molecule has 24 heavy (non-hydrogen) atoms. The predicted molar refractivity (Wildman–Crippen MR) is 87.2 cm³/mol. The number of benzene rings is 1. The Morgan fingerprint density at radius 2 is 1.71 bits per heavy atom. The van der Waals surface area contributed by atoms with Crippen molar-refractivity contribution >= 4 is 22.1 Å². The molecule has 1 N–H and O–H groups in total. The minimum absolute atomic E-state index is 0.119. The van der Waals surface area contributed by atoms with E-state index in [0.717, 1.165) is 6.26 Å². The number of carboxylic acids is 1. The van der Waals surface area contributed by atoms with E-state index in [0.29, 0.717) is 5.56 Å². The van der Waals surface area contributed by atoms with E-state index in [2.05, 4.69) is 0 Å². The Bertz CT molecular complexity index is 684. The zero-order chi connectivity index (χ0) is 18.5. The molecule has 0 aliphatic heterocycles. The molecule has 0 aromatic heterocycles. The zero-order valence-electron chi connectivity index (χ0n) is 14.1. The highest BCUT2D eigenvalue weighted by atomic mass is 32.2. The molecule has 134 valence electrons. The minimum atomic E-state index is -3.62. The molecule has 1 aromatic carbocycles. The van der Waals surface area contributed by atoms with Crippen molar-refractivity contribution in [1.82, 2.24) is 0 Å². The Labute approximate surface area is 141 Å². The monoisotopic (exact) mass is 358 g/mol. The maximum atomic E-state index is 11.8. The fraction of sp³-hybridized carbons (Fsp3) is 0.500. The van der Waals surface area contributed by atoms with E-state index in [1.807, 2.05) is 0 Å². The van der Waals surface area contributed by atoms with Gasteiger partial charge in [-0.2, -0.15) is 8.42 Å². The van der Waals surface area contributed by atoms with Gasteiger partial charge < -0.3 is 14.0 Å². The topological polar surface area (TPSA) is 107 Å². The number of carboxylic acid groups (broad SMARTS) is 1. The van der Waals surface area contributed by atoms with Crippen LogP contribution in [0.25, 0.3) is 0 Å².